The third-order valence-corrected chi connectivity index (χ3v) is 5.14. The van der Waals surface area contributed by atoms with Gasteiger partial charge in [0.15, 0.2) is 0 Å². The van der Waals surface area contributed by atoms with Crippen LogP contribution < -0.4 is 11.1 Å². The van der Waals surface area contributed by atoms with Gasteiger partial charge < -0.3 is 11.1 Å². The van der Waals surface area contributed by atoms with Crippen LogP contribution in [0.1, 0.15) is 48.3 Å². The predicted molar refractivity (Wildman–Crippen MR) is 87.3 cm³/mol. The highest BCUT2D eigenvalue weighted by atomic mass is 35.5. The van der Waals surface area contributed by atoms with Crippen LogP contribution in [0.5, 0.6) is 0 Å². The van der Waals surface area contributed by atoms with E-state index in [9.17, 15) is 4.79 Å². The Balaban J connectivity index is 0.00000200. The van der Waals surface area contributed by atoms with Crippen LogP contribution in [0.25, 0.3) is 0 Å². The van der Waals surface area contributed by atoms with Crippen LogP contribution in [0, 0.1) is 12.3 Å². The molecule has 1 amide bonds. The fraction of sp³-hybridized carbons (Fsp3) is 0.667. The molecule has 0 saturated heterocycles. The maximum absolute atomic E-state index is 12.1. The number of hydrogen-bond donors (Lipinski definition) is 2. The van der Waals surface area contributed by atoms with Gasteiger partial charge in [-0.25, -0.2) is 0 Å². The summed E-state index contributed by atoms with van der Waals surface area (Å²) >= 11 is 1.74. The third kappa shape index (κ3) is 4.76. The van der Waals surface area contributed by atoms with Crippen molar-refractivity contribution in [2.45, 2.75) is 52.0 Å². The number of hydrogen-bond acceptors (Lipinski definition) is 3. The number of rotatable bonds is 5. The Morgan fingerprint density at radius 1 is 1.35 bits per heavy atom. The molecule has 0 atom stereocenters. The Morgan fingerprint density at radius 2 is 2.05 bits per heavy atom. The Bertz CT molecular complexity index is 427. The van der Waals surface area contributed by atoms with Crippen LogP contribution in [0.4, 0.5) is 0 Å². The van der Waals surface area contributed by atoms with Crippen molar-refractivity contribution in [1.29, 1.82) is 0 Å². The zero-order valence-corrected chi connectivity index (χ0v) is 13.7. The molecule has 0 unspecified atom stereocenters. The van der Waals surface area contributed by atoms with E-state index >= 15 is 0 Å². The predicted octanol–water partition coefficient (Wildman–Crippen LogP) is 3.39. The Kier molecular flexibility index (Phi) is 7.00. The highest BCUT2D eigenvalue weighted by Gasteiger charge is 2.32. The molecule has 1 aromatic rings. The first kappa shape index (κ1) is 17.5. The van der Waals surface area contributed by atoms with E-state index in [0.29, 0.717) is 19.5 Å². The maximum atomic E-state index is 12.1. The summed E-state index contributed by atoms with van der Waals surface area (Å²) in [5.74, 6) is 0.151. The number of carbonyl (C=O) groups is 1. The summed E-state index contributed by atoms with van der Waals surface area (Å²) in [5, 5.41) is 3.03. The first-order chi connectivity index (χ1) is 9.13. The van der Waals surface area contributed by atoms with Gasteiger partial charge in [0.25, 0.3) is 0 Å². The Morgan fingerprint density at radius 3 is 2.60 bits per heavy atom. The molecule has 1 aromatic heterocycles. The monoisotopic (exact) mass is 316 g/mol. The molecule has 2 rings (SSSR count). The SMILES string of the molecule is Cc1ccc(CNC(=O)CC2(CN)CCCCC2)s1.Cl. The topological polar surface area (TPSA) is 55.1 Å². The molecule has 0 radical (unpaired) electrons. The van der Waals surface area contributed by atoms with Crippen molar-refractivity contribution in [3.05, 3.63) is 21.9 Å². The van der Waals surface area contributed by atoms with Crippen molar-refractivity contribution in [2.24, 2.45) is 11.1 Å². The summed E-state index contributed by atoms with van der Waals surface area (Å²) in [6.07, 6.45) is 6.53. The van der Waals surface area contributed by atoms with Crippen molar-refractivity contribution in [2.75, 3.05) is 6.54 Å². The first-order valence-electron chi connectivity index (χ1n) is 7.16. The van der Waals surface area contributed by atoms with E-state index in [1.54, 1.807) is 11.3 Å². The number of halogens is 1. The van der Waals surface area contributed by atoms with Crippen molar-refractivity contribution in [3.8, 4) is 0 Å². The van der Waals surface area contributed by atoms with Gasteiger partial charge in [0.05, 0.1) is 6.54 Å². The van der Waals surface area contributed by atoms with Gasteiger partial charge >= 0.3 is 0 Å². The van der Waals surface area contributed by atoms with Gasteiger partial charge in [0.2, 0.25) is 5.91 Å². The number of amides is 1. The maximum Gasteiger partial charge on any atom is 0.220 e. The molecule has 0 aliphatic heterocycles. The van der Waals surface area contributed by atoms with Gasteiger partial charge in [-0.3, -0.25) is 4.79 Å². The zero-order chi connectivity index (χ0) is 13.7. The van der Waals surface area contributed by atoms with Crippen LogP contribution in [-0.4, -0.2) is 12.5 Å². The van der Waals surface area contributed by atoms with E-state index in [0.717, 1.165) is 12.8 Å². The lowest BCUT2D eigenvalue weighted by atomic mass is 9.71. The highest BCUT2D eigenvalue weighted by Crippen LogP contribution is 2.38. The molecular formula is C15H25ClN2OS. The lowest BCUT2D eigenvalue weighted by molar-refractivity contribution is -0.124. The van der Waals surface area contributed by atoms with Gasteiger partial charge in [0, 0.05) is 16.2 Å². The molecular weight excluding hydrogens is 292 g/mol. The molecule has 0 spiro atoms. The van der Waals surface area contributed by atoms with E-state index in [2.05, 4.69) is 24.4 Å². The fourth-order valence-corrected chi connectivity index (χ4v) is 3.75. The molecule has 3 N–H and O–H groups in total. The largest absolute Gasteiger partial charge is 0.351 e. The molecule has 3 nitrogen and oxygen atoms in total. The number of thiophene rings is 1. The molecule has 1 aliphatic rings. The molecule has 1 saturated carbocycles. The molecule has 1 fully saturated rings. The van der Waals surface area contributed by atoms with Crippen LogP contribution in [0.15, 0.2) is 12.1 Å². The van der Waals surface area contributed by atoms with E-state index in [-0.39, 0.29) is 23.7 Å². The summed E-state index contributed by atoms with van der Waals surface area (Å²) in [6, 6.07) is 4.17. The second-order valence-corrected chi connectivity index (χ2v) is 7.10. The minimum Gasteiger partial charge on any atom is -0.351 e. The number of nitrogens with two attached hydrogens (primary N) is 1. The van der Waals surface area contributed by atoms with E-state index in [1.807, 2.05) is 0 Å². The molecule has 1 heterocycles. The molecule has 0 aromatic carbocycles. The molecule has 114 valence electrons. The minimum absolute atomic E-state index is 0. The molecule has 20 heavy (non-hydrogen) atoms. The highest BCUT2D eigenvalue weighted by molar-refractivity contribution is 7.11. The average molecular weight is 317 g/mol. The van der Waals surface area contributed by atoms with Gasteiger partial charge in [-0.2, -0.15) is 0 Å². The van der Waals surface area contributed by atoms with Crippen LogP contribution >= 0.6 is 23.7 Å². The fourth-order valence-electron chi connectivity index (χ4n) is 2.92. The Hall–Kier alpha value is -0.580. The lowest BCUT2D eigenvalue weighted by Gasteiger charge is -2.35. The molecule has 0 bridgehead atoms. The summed E-state index contributed by atoms with van der Waals surface area (Å²) in [4.78, 5) is 14.6. The van der Waals surface area contributed by atoms with E-state index in [4.69, 9.17) is 5.73 Å². The average Bonchev–Trinajstić information content (AvgIpc) is 2.83. The lowest BCUT2D eigenvalue weighted by Crippen LogP contribution is -2.38. The number of carbonyl (C=O) groups excluding carboxylic acids is 1. The van der Waals surface area contributed by atoms with Crippen molar-refractivity contribution in [1.82, 2.24) is 5.32 Å². The van der Waals surface area contributed by atoms with Gasteiger partial charge in [-0.05, 0) is 43.9 Å². The van der Waals surface area contributed by atoms with E-state index in [1.165, 1.54) is 29.0 Å². The van der Waals surface area contributed by atoms with Crippen molar-refractivity contribution >= 4 is 29.7 Å². The second kappa shape index (κ2) is 8.01. The Labute approximate surface area is 131 Å². The summed E-state index contributed by atoms with van der Waals surface area (Å²) in [5.41, 5.74) is 5.98. The number of aryl methyl sites for hydroxylation is 1. The smallest absolute Gasteiger partial charge is 0.220 e. The van der Waals surface area contributed by atoms with Crippen molar-refractivity contribution < 1.29 is 4.79 Å². The van der Waals surface area contributed by atoms with Crippen LogP contribution in [0.3, 0.4) is 0 Å². The van der Waals surface area contributed by atoms with Crippen LogP contribution in [0.2, 0.25) is 0 Å². The molecule has 1 aliphatic carbocycles. The summed E-state index contributed by atoms with van der Waals surface area (Å²) in [7, 11) is 0. The van der Waals surface area contributed by atoms with Gasteiger partial charge in [-0.15, -0.1) is 23.7 Å². The molecule has 5 heteroatoms. The van der Waals surface area contributed by atoms with Crippen molar-refractivity contribution in [3.63, 3.8) is 0 Å². The van der Waals surface area contributed by atoms with Gasteiger partial charge in [0.1, 0.15) is 0 Å². The van der Waals surface area contributed by atoms with E-state index < -0.39 is 0 Å². The van der Waals surface area contributed by atoms with Crippen LogP contribution in [-0.2, 0) is 11.3 Å². The third-order valence-electron chi connectivity index (χ3n) is 4.14. The zero-order valence-electron chi connectivity index (χ0n) is 12.1. The number of nitrogens with one attached hydrogen (secondary N) is 1. The van der Waals surface area contributed by atoms with Gasteiger partial charge in [-0.1, -0.05) is 19.3 Å². The summed E-state index contributed by atoms with van der Waals surface area (Å²) < 4.78 is 0. The second-order valence-electron chi connectivity index (χ2n) is 5.73. The quantitative estimate of drug-likeness (QED) is 0.874. The summed E-state index contributed by atoms with van der Waals surface area (Å²) in [6.45, 7) is 3.37. The minimum atomic E-state index is 0. The first-order valence-corrected chi connectivity index (χ1v) is 7.97. The normalized spacial score (nSPS) is 17.3. The standard InChI is InChI=1S/C15H24N2OS.ClH/c1-12-5-6-13(19-12)10-17-14(18)9-15(11-16)7-3-2-4-8-15;/h5-6H,2-4,7-11,16H2,1H3,(H,17,18);1H.